The molecule has 5 nitrogen and oxygen atoms in total. The van der Waals surface area contributed by atoms with Crippen LogP contribution in [-0.2, 0) is 0 Å². The number of benzene rings is 2. The zero-order chi connectivity index (χ0) is 17.2. The van der Waals surface area contributed by atoms with Gasteiger partial charge in [-0.2, -0.15) is 5.10 Å². The first kappa shape index (κ1) is 15.2. The molecule has 2 heterocycles. The van der Waals surface area contributed by atoms with E-state index in [1.807, 2.05) is 24.3 Å². The largest absolute Gasteiger partial charge is 0.508 e. The Hall–Kier alpha value is -3.34. The van der Waals surface area contributed by atoms with Gasteiger partial charge < -0.3 is 9.52 Å². The van der Waals surface area contributed by atoms with Crippen LogP contribution in [0.15, 0.2) is 82.5 Å². The summed E-state index contributed by atoms with van der Waals surface area (Å²) in [5, 5.41) is 15.5. The molecule has 3 aromatic rings. The summed E-state index contributed by atoms with van der Waals surface area (Å²) in [6.07, 6.45) is 2.15. The molecule has 0 fully saturated rings. The van der Waals surface area contributed by atoms with Crippen molar-refractivity contribution in [2.24, 2.45) is 5.10 Å². The molecule has 124 valence electrons. The molecule has 0 bridgehead atoms. The van der Waals surface area contributed by atoms with Crippen LogP contribution in [0.5, 0.6) is 5.75 Å². The zero-order valence-corrected chi connectivity index (χ0v) is 13.4. The molecule has 0 saturated heterocycles. The monoisotopic (exact) mass is 332 g/mol. The number of aromatic hydroxyl groups is 1. The number of rotatable bonds is 3. The van der Waals surface area contributed by atoms with Crippen LogP contribution in [0.3, 0.4) is 0 Å². The fraction of sp³-hybridized carbons (Fsp3) is 0.100. The van der Waals surface area contributed by atoms with Crippen LogP contribution < -0.4 is 0 Å². The lowest BCUT2D eigenvalue weighted by Crippen LogP contribution is -2.26. The second-order valence-electron chi connectivity index (χ2n) is 5.84. The van der Waals surface area contributed by atoms with Crippen LogP contribution in [0.25, 0.3) is 0 Å². The highest BCUT2D eigenvalue weighted by Gasteiger charge is 2.35. The molecule has 1 amide bonds. The van der Waals surface area contributed by atoms with Crippen molar-refractivity contribution in [1.29, 1.82) is 0 Å². The van der Waals surface area contributed by atoms with E-state index in [2.05, 4.69) is 5.10 Å². The fourth-order valence-electron chi connectivity index (χ4n) is 2.94. The Labute approximate surface area is 144 Å². The van der Waals surface area contributed by atoms with Crippen LogP contribution in [0, 0.1) is 0 Å². The van der Waals surface area contributed by atoms with Gasteiger partial charge in [0.1, 0.15) is 17.6 Å². The number of hydrogen-bond donors (Lipinski definition) is 1. The number of phenolic OH excluding ortho intramolecular Hbond substituents is 1. The van der Waals surface area contributed by atoms with E-state index in [0.29, 0.717) is 17.7 Å². The summed E-state index contributed by atoms with van der Waals surface area (Å²) in [5.74, 6) is 0.722. The van der Waals surface area contributed by atoms with Crippen LogP contribution in [-0.4, -0.2) is 21.7 Å². The Morgan fingerprint density at radius 1 is 1.04 bits per heavy atom. The van der Waals surface area contributed by atoms with Crippen molar-refractivity contribution in [2.45, 2.75) is 12.5 Å². The van der Waals surface area contributed by atoms with Crippen LogP contribution >= 0.6 is 0 Å². The molecule has 0 radical (unpaired) electrons. The summed E-state index contributed by atoms with van der Waals surface area (Å²) < 4.78 is 5.53. The summed E-state index contributed by atoms with van der Waals surface area (Å²) in [7, 11) is 0. The Morgan fingerprint density at radius 3 is 2.48 bits per heavy atom. The number of amides is 1. The molecule has 1 atom stereocenters. The van der Waals surface area contributed by atoms with Gasteiger partial charge in [-0.05, 0) is 54.1 Å². The number of furan rings is 1. The van der Waals surface area contributed by atoms with Gasteiger partial charge in [-0.3, -0.25) is 4.79 Å². The summed E-state index contributed by atoms with van der Waals surface area (Å²) in [6.45, 7) is 0. The third kappa shape index (κ3) is 2.92. The minimum Gasteiger partial charge on any atom is -0.508 e. The Kier molecular flexibility index (Phi) is 3.82. The molecule has 1 unspecified atom stereocenters. The van der Waals surface area contributed by atoms with E-state index in [1.165, 1.54) is 5.01 Å². The third-order valence-electron chi connectivity index (χ3n) is 4.21. The maximum Gasteiger partial charge on any atom is 0.274 e. The number of carbonyl (C=O) groups excluding carboxylic acids is 1. The lowest BCUT2D eigenvalue weighted by Gasteiger charge is -2.19. The molecule has 0 saturated carbocycles. The van der Waals surface area contributed by atoms with Crippen molar-refractivity contribution in [3.05, 3.63) is 89.9 Å². The van der Waals surface area contributed by atoms with Gasteiger partial charge in [0.25, 0.3) is 5.91 Å². The normalized spacial score (nSPS) is 16.7. The van der Waals surface area contributed by atoms with Crippen LogP contribution in [0.1, 0.15) is 34.1 Å². The Morgan fingerprint density at radius 2 is 1.80 bits per heavy atom. The van der Waals surface area contributed by atoms with Gasteiger partial charge in [-0.15, -0.1) is 0 Å². The van der Waals surface area contributed by atoms with Crippen molar-refractivity contribution in [3.63, 3.8) is 0 Å². The van der Waals surface area contributed by atoms with E-state index < -0.39 is 0 Å². The van der Waals surface area contributed by atoms with Gasteiger partial charge >= 0.3 is 0 Å². The first-order valence-corrected chi connectivity index (χ1v) is 8.01. The van der Waals surface area contributed by atoms with Crippen molar-refractivity contribution < 1.29 is 14.3 Å². The molecule has 1 aliphatic rings. The highest BCUT2D eigenvalue weighted by atomic mass is 16.3. The molecule has 1 aliphatic heterocycles. The highest BCUT2D eigenvalue weighted by molar-refractivity contribution is 6.05. The SMILES string of the molecule is O=C(c1ccccc1)N1N=C(c2ccc(O)cc2)CC1c1ccco1. The zero-order valence-electron chi connectivity index (χ0n) is 13.4. The molecule has 5 heteroatoms. The van der Waals surface area contributed by atoms with Crippen LogP contribution in [0.4, 0.5) is 0 Å². The van der Waals surface area contributed by atoms with Crippen molar-refractivity contribution in [3.8, 4) is 5.75 Å². The number of hydrazone groups is 1. The molecule has 25 heavy (non-hydrogen) atoms. The summed E-state index contributed by atoms with van der Waals surface area (Å²) in [6, 6.07) is 19.3. The lowest BCUT2D eigenvalue weighted by molar-refractivity contribution is 0.0693. The van der Waals surface area contributed by atoms with Gasteiger partial charge in [0.05, 0.1) is 12.0 Å². The van der Waals surface area contributed by atoms with E-state index >= 15 is 0 Å². The quantitative estimate of drug-likeness (QED) is 0.789. The molecule has 0 spiro atoms. The van der Waals surface area contributed by atoms with E-state index in [-0.39, 0.29) is 17.7 Å². The van der Waals surface area contributed by atoms with Crippen molar-refractivity contribution in [1.82, 2.24) is 5.01 Å². The predicted octanol–water partition coefficient (Wildman–Crippen LogP) is 3.98. The number of hydrogen-bond acceptors (Lipinski definition) is 4. The average Bonchev–Trinajstić information content (AvgIpc) is 3.32. The van der Waals surface area contributed by atoms with Gasteiger partial charge in [0.2, 0.25) is 0 Å². The second-order valence-corrected chi connectivity index (χ2v) is 5.84. The smallest absolute Gasteiger partial charge is 0.274 e. The number of phenols is 1. The molecule has 2 aromatic carbocycles. The molecular weight excluding hydrogens is 316 g/mol. The summed E-state index contributed by atoms with van der Waals surface area (Å²) in [5.41, 5.74) is 2.23. The van der Waals surface area contributed by atoms with Crippen molar-refractivity contribution >= 4 is 11.6 Å². The molecule has 4 rings (SSSR count). The minimum absolute atomic E-state index is 0.171. The maximum atomic E-state index is 12.9. The fourth-order valence-corrected chi connectivity index (χ4v) is 2.94. The van der Waals surface area contributed by atoms with E-state index in [1.54, 1.807) is 48.7 Å². The van der Waals surface area contributed by atoms with E-state index in [9.17, 15) is 9.90 Å². The minimum atomic E-state index is -0.286. The topological polar surface area (TPSA) is 66.0 Å². The van der Waals surface area contributed by atoms with Crippen molar-refractivity contribution in [2.75, 3.05) is 0 Å². The van der Waals surface area contributed by atoms with Crippen LogP contribution in [0.2, 0.25) is 0 Å². The second kappa shape index (κ2) is 6.28. The molecule has 1 aromatic heterocycles. The van der Waals surface area contributed by atoms with E-state index in [0.717, 1.165) is 11.3 Å². The lowest BCUT2D eigenvalue weighted by atomic mass is 10.0. The van der Waals surface area contributed by atoms with E-state index in [4.69, 9.17) is 4.42 Å². The van der Waals surface area contributed by atoms with Gasteiger partial charge in [-0.25, -0.2) is 5.01 Å². The molecule has 1 N–H and O–H groups in total. The maximum absolute atomic E-state index is 12.9. The number of carbonyl (C=O) groups is 1. The highest BCUT2D eigenvalue weighted by Crippen LogP contribution is 2.34. The third-order valence-corrected chi connectivity index (χ3v) is 4.21. The predicted molar refractivity (Wildman–Crippen MR) is 93.3 cm³/mol. The summed E-state index contributed by atoms with van der Waals surface area (Å²) in [4.78, 5) is 12.9. The first-order valence-electron chi connectivity index (χ1n) is 8.01. The standard InChI is InChI=1S/C20H16N2O3/c23-16-10-8-14(9-11-16)17-13-18(19-7-4-12-25-19)22(21-17)20(24)15-5-2-1-3-6-15/h1-12,18,23H,13H2. The average molecular weight is 332 g/mol. The van der Waals surface area contributed by atoms with Gasteiger partial charge in [0, 0.05) is 12.0 Å². The summed E-state index contributed by atoms with van der Waals surface area (Å²) >= 11 is 0. The first-order chi connectivity index (χ1) is 12.2. The van der Waals surface area contributed by atoms with Gasteiger partial charge in [0.15, 0.2) is 0 Å². The van der Waals surface area contributed by atoms with Gasteiger partial charge in [-0.1, -0.05) is 18.2 Å². The molecule has 0 aliphatic carbocycles. The Bertz CT molecular complexity index is 900. The Balaban J connectivity index is 1.71. The number of nitrogens with zero attached hydrogens (tertiary/aromatic N) is 2. The molecular formula is C20H16N2O3.